The van der Waals surface area contributed by atoms with Crippen LogP contribution in [-0.4, -0.2) is 66.9 Å². The van der Waals surface area contributed by atoms with Crippen molar-refractivity contribution in [1.82, 2.24) is 20.4 Å². The van der Waals surface area contributed by atoms with Crippen molar-refractivity contribution < 1.29 is 13.6 Å². The van der Waals surface area contributed by atoms with Gasteiger partial charge in [-0.2, -0.15) is 0 Å². The molecule has 3 fully saturated rings. The largest absolute Gasteiger partial charge is 0.381 e. The first-order chi connectivity index (χ1) is 16.8. The summed E-state index contributed by atoms with van der Waals surface area (Å²) in [4.78, 5) is 14.7. The Kier molecular flexibility index (Phi) is 5.36. The molecule has 2 saturated heterocycles. The number of likely N-dealkylation sites (tertiary alicyclic amines) is 1. The molecule has 1 amide bonds. The van der Waals surface area contributed by atoms with E-state index in [1.165, 1.54) is 45.3 Å². The van der Waals surface area contributed by atoms with Gasteiger partial charge in [-0.05, 0) is 67.7 Å². The number of aromatic nitrogens is 2. The molecule has 2 aliphatic heterocycles. The number of fused-ring (bicyclic) bond motifs is 1. The van der Waals surface area contributed by atoms with E-state index in [9.17, 15) is 4.79 Å². The molecule has 3 aliphatic rings. The van der Waals surface area contributed by atoms with E-state index in [4.69, 9.17) is 8.85 Å². The molecule has 0 spiro atoms. The molecule has 1 unspecified atom stereocenters. The number of rotatable bonds is 6. The Labute approximate surface area is 194 Å². The average molecular weight is 439 g/mol. The topological polar surface area (TPSA) is 79.4 Å². The van der Waals surface area contributed by atoms with Crippen molar-refractivity contribution in [2.75, 3.05) is 45.1 Å². The van der Waals surface area contributed by atoms with E-state index in [0.717, 1.165) is 42.3 Å². The maximum absolute atomic E-state index is 12.0. The third-order valence-corrected chi connectivity index (χ3v) is 7.26. The second-order valence-corrected chi connectivity index (χ2v) is 9.44. The SMILES string of the molecule is [2H]C([2H])([2H])NC(=O)c1ccc(-c2ccc(NC3C[C@@H]4CN(CC5CCOCC5)C[C@@H]4C3)nn2)cc1. The van der Waals surface area contributed by atoms with Gasteiger partial charge in [0.1, 0.15) is 5.82 Å². The molecule has 1 aromatic heterocycles. The molecule has 3 atom stereocenters. The summed E-state index contributed by atoms with van der Waals surface area (Å²) in [5.74, 6) is 2.48. The predicted octanol–water partition coefficient (Wildman–Crippen LogP) is 3.05. The van der Waals surface area contributed by atoms with Crippen molar-refractivity contribution in [3.8, 4) is 11.3 Å². The Balaban J connectivity index is 1.11. The van der Waals surface area contributed by atoms with E-state index < -0.39 is 12.9 Å². The lowest BCUT2D eigenvalue weighted by Crippen LogP contribution is -2.32. The van der Waals surface area contributed by atoms with Gasteiger partial charge in [-0.1, -0.05) is 12.1 Å². The zero-order valence-electron chi connectivity index (χ0n) is 21.3. The molecule has 7 heteroatoms. The molecule has 3 heterocycles. The van der Waals surface area contributed by atoms with Crippen molar-refractivity contribution in [3.05, 3.63) is 42.0 Å². The van der Waals surface area contributed by atoms with Crippen LogP contribution in [0.3, 0.4) is 0 Å². The molecule has 1 aliphatic carbocycles. The van der Waals surface area contributed by atoms with Gasteiger partial charge in [0.15, 0.2) is 0 Å². The number of anilines is 1. The maximum atomic E-state index is 12.0. The molecule has 5 rings (SSSR count). The number of hydrogen-bond donors (Lipinski definition) is 2. The van der Waals surface area contributed by atoms with Crippen LogP contribution in [0.2, 0.25) is 0 Å². The minimum absolute atomic E-state index is 0.286. The quantitative estimate of drug-likeness (QED) is 0.722. The fraction of sp³-hybridized carbons (Fsp3) is 0.560. The summed E-state index contributed by atoms with van der Waals surface area (Å²) >= 11 is 0. The molecule has 1 saturated carbocycles. The molecular weight excluding hydrogens is 402 g/mol. The summed E-state index contributed by atoms with van der Waals surface area (Å²) in [6.45, 7) is 2.99. The van der Waals surface area contributed by atoms with E-state index in [-0.39, 0.29) is 5.56 Å². The molecule has 170 valence electrons. The van der Waals surface area contributed by atoms with Crippen LogP contribution in [0, 0.1) is 17.8 Å². The fourth-order valence-corrected chi connectivity index (χ4v) is 5.59. The van der Waals surface area contributed by atoms with Gasteiger partial charge in [-0.15, -0.1) is 10.2 Å². The van der Waals surface area contributed by atoms with Crippen LogP contribution in [0.15, 0.2) is 36.4 Å². The molecular formula is C25H33N5O2. The van der Waals surface area contributed by atoms with Crippen LogP contribution in [-0.2, 0) is 4.74 Å². The zero-order valence-corrected chi connectivity index (χ0v) is 18.3. The zero-order chi connectivity index (χ0) is 24.4. The van der Waals surface area contributed by atoms with Gasteiger partial charge in [-0.25, -0.2) is 0 Å². The van der Waals surface area contributed by atoms with Crippen LogP contribution in [0.5, 0.6) is 0 Å². The Morgan fingerprint density at radius 2 is 1.84 bits per heavy atom. The minimum atomic E-state index is -2.51. The maximum Gasteiger partial charge on any atom is 0.251 e. The van der Waals surface area contributed by atoms with Crippen LogP contribution >= 0.6 is 0 Å². The van der Waals surface area contributed by atoms with Crippen molar-refractivity contribution in [3.63, 3.8) is 0 Å². The van der Waals surface area contributed by atoms with E-state index in [1.54, 1.807) is 24.3 Å². The highest BCUT2D eigenvalue weighted by atomic mass is 16.5. The van der Waals surface area contributed by atoms with Gasteiger partial charge < -0.3 is 20.3 Å². The van der Waals surface area contributed by atoms with Gasteiger partial charge in [-0.3, -0.25) is 4.79 Å². The lowest BCUT2D eigenvalue weighted by atomic mass is 10.00. The highest BCUT2D eigenvalue weighted by molar-refractivity contribution is 5.94. The van der Waals surface area contributed by atoms with Gasteiger partial charge in [0.2, 0.25) is 0 Å². The van der Waals surface area contributed by atoms with Crippen LogP contribution in [0.4, 0.5) is 5.82 Å². The van der Waals surface area contributed by atoms with Crippen molar-refractivity contribution in [2.24, 2.45) is 17.8 Å². The summed E-state index contributed by atoms with van der Waals surface area (Å²) in [6, 6.07) is 11.0. The third kappa shape index (κ3) is 4.79. The van der Waals surface area contributed by atoms with Crippen LogP contribution in [0.1, 0.15) is 40.2 Å². The summed E-state index contributed by atoms with van der Waals surface area (Å²) in [5.41, 5.74) is 1.80. The molecule has 1 aromatic carbocycles. The van der Waals surface area contributed by atoms with E-state index in [1.807, 2.05) is 17.4 Å². The normalized spacial score (nSPS) is 27.9. The number of carbonyl (C=O) groups is 1. The second kappa shape index (κ2) is 9.55. The van der Waals surface area contributed by atoms with Crippen molar-refractivity contribution in [2.45, 2.75) is 31.7 Å². The van der Waals surface area contributed by atoms with Gasteiger partial charge in [0.05, 0.1) is 5.69 Å². The summed E-state index contributed by atoms with van der Waals surface area (Å²) < 4.78 is 27.0. The van der Waals surface area contributed by atoms with E-state index >= 15 is 0 Å². The lowest BCUT2D eigenvalue weighted by Gasteiger charge is -2.27. The van der Waals surface area contributed by atoms with Crippen molar-refractivity contribution >= 4 is 11.7 Å². The highest BCUT2D eigenvalue weighted by Gasteiger charge is 2.41. The number of amides is 1. The first kappa shape index (κ1) is 18.0. The first-order valence-electron chi connectivity index (χ1n) is 13.2. The number of carbonyl (C=O) groups excluding carboxylic acids is 1. The Morgan fingerprint density at radius 3 is 2.50 bits per heavy atom. The van der Waals surface area contributed by atoms with E-state index in [2.05, 4.69) is 20.4 Å². The van der Waals surface area contributed by atoms with Gasteiger partial charge in [0.25, 0.3) is 5.91 Å². The first-order valence-corrected chi connectivity index (χ1v) is 11.7. The molecule has 0 radical (unpaired) electrons. The molecule has 2 aromatic rings. The minimum Gasteiger partial charge on any atom is -0.381 e. The summed E-state index contributed by atoms with van der Waals surface area (Å²) in [7, 11) is 0. The smallest absolute Gasteiger partial charge is 0.251 e. The van der Waals surface area contributed by atoms with Gasteiger partial charge >= 0.3 is 0 Å². The molecule has 2 N–H and O–H groups in total. The predicted molar refractivity (Wildman–Crippen MR) is 124 cm³/mol. The van der Waals surface area contributed by atoms with Crippen LogP contribution in [0.25, 0.3) is 11.3 Å². The Hall–Kier alpha value is -2.51. The highest BCUT2D eigenvalue weighted by Crippen LogP contribution is 2.39. The second-order valence-electron chi connectivity index (χ2n) is 9.44. The average Bonchev–Trinajstić information content (AvgIpc) is 3.37. The molecule has 7 nitrogen and oxygen atoms in total. The van der Waals surface area contributed by atoms with Gasteiger partial charge in [0, 0.05) is 61.1 Å². The van der Waals surface area contributed by atoms with E-state index in [0.29, 0.717) is 11.7 Å². The number of nitrogens with zero attached hydrogens (tertiary/aromatic N) is 3. The standard InChI is InChI=1S/C25H33N5O2/c1-26-25(31)19-4-2-18(3-5-19)23-6-7-24(29-28-23)27-22-12-20-15-30(16-21(20)13-22)14-17-8-10-32-11-9-17/h2-7,17,20-22H,8-16H2,1H3,(H,26,31)(H,27,29)/t20-,21+,22?/i1D3. The number of ether oxygens (including phenoxy) is 1. The summed E-state index contributed by atoms with van der Waals surface area (Å²) in [6.07, 6.45) is 4.76. The molecule has 0 bridgehead atoms. The van der Waals surface area contributed by atoms with Crippen molar-refractivity contribution in [1.29, 1.82) is 0 Å². The lowest BCUT2D eigenvalue weighted by molar-refractivity contribution is 0.0545. The fourth-order valence-electron chi connectivity index (χ4n) is 5.59. The Morgan fingerprint density at radius 1 is 1.09 bits per heavy atom. The molecule has 32 heavy (non-hydrogen) atoms. The number of hydrogen-bond acceptors (Lipinski definition) is 6. The third-order valence-electron chi connectivity index (χ3n) is 7.26. The number of benzene rings is 1. The monoisotopic (exact) mass is 438 g/mol. The Bertz CT molecular complexity index is 995. The number of nitrogens with one attached hydrogen (secondary N) is 2. The van der Waals surface area contributed by atoms with Crippen LogP contribution < -0.4 is 10.6 Å². The summed E-state index contributed by atoms with van der Waals surface area (Å²) in [5, 5.41) is 14.3.